The van der Waals surface area contributed by atoms with Crippen molar-refractivity contribution < 1.29 is 38.1 Å². The van der Waals surface area contributed by atoms with E-state index < -0.39 is 29.9 Å². The molecule has 4 fully saturated rings. The van der Waals surface area contributed by atoms with Crippen molar-refractivity contribution in [3.05, 3.63) is 129 Å². The van der Waals surface area contributed by atoms with E-state index in [9.17, 15) is 19.2 Å². The smallest absolute Gasteiger partial charge is 0.421 e. The van der Waals surface area contributed by atoms with Crippen LogP contribution < -0.4 is 26.6 Å². The predicted molar refractivity (Wildman–Crippen MR) is 234 cm³/mol. The van der Waals surface area contributed by atoms with Crippen molar-refractivity contribution in [2.24, 2.45) is 34.8 Å². The highest BCUT2D eigenvalue weighted by Crippen LogP contribution is 2.83. The number of halogens is 1. The molecule has 0 saturated heterocycles. The van der Waals surface area contributed by atoms with Crippen molar-refractivity contribution in [1.82, 2.24) is 10.9 Å². The van der Waals surface area contributed by atoms with Crippen LogP contribution in [0.4, 0.5) is 10.5 Å². The first kappa shape index (κ1) is 41.3. The number of ether oxygens (including phenoxy) is 4. The van der Waals surface area contributed by atoms with E-state index in [0.717, 1.165) is 51.0 Å². The van der Waals surface area contributed by atoms with Gasteiger partial charge in [0.1, 0.15) is 30.8 Å². The summed E-state index contributed by atoms with van der Waals surface area (Å²) in [5, 5.41) is 3.24. The van der Waals surface area contributed by atoms with Crippen molar-refractivity contribution in [2.75, 3.05) is 26.1 Å². The Labute approximate surface area is 365 Å². The van der Waals surface area contributed by atoms with E-state index in [1.807, 2.05) is 48.5 Å². The molecule has 1 spiro atoms. The van der Waals surface area contributed by atoms with E-state index in [2.05, 4.69) is 28.3 Å². The predicted octanol–water partition coefficient (Wildman–Crippen LogP) is 8.14. The van der Waals surface area contributed by atoms with Gasteiger partial charge in [-0.05, 0) is 119 Å². The van der Waals surface area contributed by atoms with Crippen LogP contribution in [0.3, 0.4) is 0 Å². The zero-order valence-electron chi connectivity index (χ0n) is 34.6. The number of hydrazine groups is 1. The average molecular weight is 857 g/mol. The lowest BCUT2D eigenvalue weighted by Gasteiger charge is -2.66. The molecular formula is C49H49ClN4O8. The van der Waals surface area contributed by atoms with E-state index in [-0.39, 0.29) is 32.0 Å². The maximum absolute atomic E-state index is 13.5. The summed E-state index contributed by atoms with van der Waals surface area (Å²) >= 11 is 7.20. The molecule has 4 aromatic carbocycles. The summed E-state index contributed by atoms with van der Waals surface area (Å²) in [6.07, 6.45) is 7.14. The van der Waals surface area contributed by atoms with Gasteiger partial charge in [0.25, 0.3) is 0 Å². The number of methoxy groups -OCH3 is 2. The zero-order chi connectivity index (χ0) is 43.1. The number of nitrogens with one attached hydrogen (secondary N) is 3. The Kier molecular flexibility index (Phi) is 11.3. The Hall–Kier alpha value is -6.11. The normalized spacial score (nSPS) is 23.5. The Morgan fingerprint density at radius 3 is 2.26 bits per heavy atom. The minimum atomic E-state index is -1.01. The van der Waals surface area contributed by atoms with Crippen LogP contribution in [0.5, 0.6) is 5.75 Å². The molecule has 4 saturated carbocycles. The summed E-state index contributed by atoms with van der Waals surface area (Å²) < 4.78 is 23.0. The number of carbonyl (C=O) groups excluding carboxylic acids is 4. The van der Waals surface area contributed by atoms with Gasteiger partial charge < -0.3 is 30.0 Å². The van der Waals surface area contributed by atoms with Gasteiger partial charge in [0, 0.05) is 35.2 Å². The number of esters is 1. The minimum absolute atomic E-state index is 0.0218. The summed E-state index contributed by atoms with van der Waals surface area (Å²) in [6, 6.07) is 25.9. The fourth-order valence-corrected chi connectivity index (χ4v) is 11.5. The summed E-state index contributed by atoms with van der Waals surface area (Å²) in [5.74, 6) is 2.24. The standard InChI is InChI=1S/C49H49ClN4O8/c1-59-42(56)20-14-28-13-17-37(46(60-2)43-29-21-30-22-31-23-39(43)49(30,31)24-29)44(50)45(28)61-25-27-11-15-32(16-12-27)52-47(57)40(18-19-41(51)55)53-54-48(58)62-26-38-35-9-5-3-7-33(35)34-8-4-6-10-36(34)38/h3-17,20,29-31,38-40,53H,18-19,21-26H2,1-2H3,(H2,51,55)(H,52,57)(H,54,58)/b20-14+,46-43+/t29?,30?,31?,39?,40-,49?/m0/s1. The second-order valence-corrected chi connectivity index (χ2v) is 17.4. The fourth-order valence-electron chi connectivity index (χ4n) is 11.1. The maximum Gasteiger partial charge on any atom is 0.421 e. The van der Waals surface area contributed by atoms with Crippen LogP contribution in [0.1, 0.15) is 72.3 Å². The zero-order valence-corrected chi connectivity index (χ0v) is 35.3. The molecule has 13 heteroatoms. The average Bonchev–Trinajstić information content (AvgIpc) is 3.90. The topological polar surface area (TPSA) is 167 Å². The van der Waals surface area contributed by atoms with Gasteiger partial charge in [0.2, 0.25) is 11.8 Å². The van der Waals surface area contributed by atoms with Gasteiger partial charge >= 0.3 is 12.1 Å². The van der Waals surface area contributed by atoms with Gasteiger partial charge in [-0.3, -0.25) is 15.0 Å². The lowest BCUT2D eigenvalue weighted by atomic mass is 9.38. The quantitative estimate of drug-likeness (QED) is 0.0377. The molecular weight excluding hydrogens is 808 g/mol. The van der Waals surface area contributed by atoms with Gasteiger partial charge in [-0.15, -0.1) is 0 Å². The lowest BCUT2D eigenvalue weighted by molar-refractivity contribution is -0.159. The largest absolute Gasteiger partial charge is 0.496 e. The molecule has 12 nitrogen and oxygen atoms in total. The van der Waals surface area contributed by atoms with Crippen LogP contribution in [0.2, 0.25) is 5.02 Å². The molecule has 5 N–H and O–H groups in total. The molecule has 9 rings (SSSR count). The number of benzene rings is 4. The van der Waals surface area contributed by atoms with E-state index >= 15 is 0 Å². The number of hydrogen-bond donors (Lipinski definition) is 4. The molecule has 5 aliphatic carbocycles. The van der Waals surface area contributed by atoms with Gasteiger partial charge in [-0.2, -0.15) is 0 Å². The summed E-state index contributed by atoms with van der Waals surface area (Å²) in [4.78, 5) is 50.1. The molecule has 0 heterocycles. The van der Waals surface area contributed by atoms with Crippen molar-refractivity contribution in [1.29, 1.82) is 0 Å². The second-order valence-electron chi connectivity index (χ2n) is 17.0. The third-order valence-corrected chi connectivity index (χ3v) is 14.3. The van der Waals surface area contributed by atoms with E-state index in [1.54, 1.807) is 37.5 Å². The Morgan fingerprint density at radius 1 is 0.887 bits per heavy atom. The molecule has 3 amide bonds. The highest BCUT2D eigenvalue weighted by molar-refractivity contribution is 6.34. The summed E-state index contributed by atoms with van der Waals surface area (Å²) in [7, 11) is 3.03. The second kappa shape index (κ2) is 17.0. The number of rotatable bonds is 16. The van der Waals surface area contributed by atoms with E-state index in [0.29, 0.717) is 39.3 Å². The Bertz CT molecular complexity index is 2460. The number of amides is 3. The van der Waals surface area contributed by atoms with Gasteiger partial charge in [0.15, 0.2) is 0 Å². The molecule has 4 aromatic rings. The number of nitrogens with two attached hydrogens (primary N) is 1. The first-order valence-electron chi connectivity index (χ1n) is 21.1. The highest BCUT2D eigenvalue weighted by Gasteiger charge is 2.75. The third kappa shape index (κ3) is 7.38. The minimum Gasteiger partial charge on any atom is -0.496 e. The van der Waals surface area contributed by atoms with Crippen molar-refractivity contribution in [2.45, 2.75) is 57.1 Å². The van der Waals surface area contributed by atoms with Crippen molar-refractivity contribution in [3.63, 3.8) is 0 Å². The fraction of sp³-hybridized carbons (Fsp3) is 0.347. The number of anilines is 1. The molecule has 62 heavy (non-hydrogen) atoms. The summed E-state index contributed by atoms with van der Waals surface area (Å²) in [6.45, 7) is 0.215. The first-order chi connectivity index (χ1) is 30.1. The molecule has 2 bridgehead atoms. The number of hydrogen-bond acceptors (Lipinski definition) is 9. The summed E-state index contributed by atoms with van der Waals surface area (Å²) in [5.41, 5.74) is 19.4. The van der Waals surface area contributed by atoms with Crippen LogP contribution in [-0.4, -0.2) is 50.7 Å². The molecule has 6 atom stereocenters. The lowest BCUT2D eigenvalue weighted by Crippen LogP contribution is -2.60. The van der Waals surface area contributed by atoms with Crippen LogP contribution in [0.15, 0.2) is 96.6 Å². The van der Waals surface area contributed by atoms with Crippen LogP contribution in [0, 0.1) is 29.1 Å². The molecule has 0 radical (unpaired) electrons. The number of carbonyl (C=O) groups is 4. The molecule has 320 valence electrons. The van der Waals surface area contributed by atoms with Crippen molar-refractivity contribution >= 4 is 53.0 Å². The van der Waals surface area contributed by atoms with Crippen LogP contribution in [0.25, 0.3) is 23.0 Å². The van der Waals surface area contributed by atoms with E-state index in [1.165, 1.54) is 44.4 Å². The maximum atomic E-state index is 13.5. The van der Waals surface area contributed by atoms with Crippen molar-refractivity contribution in [3.8, 4) is 16.9 Å². The third-order valence-electron chi connectivity index (χ3n) is 14.0. The number of fused-ring (bicyclic) bond motifs is 4. The monoisotopic (exact) mass is 856 g/mol. The van der Waals surface area contributed by atoms with Crippen LogP contribution in [-0.2, 0) is 35.2 Å². The van der Waals surface area contributed by atoms with Crippen LogP contribution >= 0.6 is 11.6 Å². The number of primary amides is 1. The van der Waals surface area contributed by atoms with E-state index in [4.69, 9.17) is 36.3 Å². The SMILES string of the molecule is COC(=O)/C=C/c1ccc(/C(OC)=C2/C3CC4CC5CC2C45C3)c(Cl)c1OCc1ccc(NC(=O)[C@H](CCC(N)=O)NNC(=O)OCC2c3ccccc3-c3ccccc32)cc1. The molecule has 5 unspecified atom stereocenters. The molecule has 0 aliphatic heterocycles. The Balaban J connectivity index is 0.847. The van der Waals surface area contributed by atoms with Gasteiger partial charge in [-0.25, -0.2) is 15.0 Å². The van der Waals surface area contributed by atoms with Gasteiger partial charge in [0.05, 0.1) is 19.2 Å². The molecule has 5 aliphatic rings. The first-order valence-corrected chi connectivity index (χ1v) is 21.5. The molecule has 0 aromatic heterocycles. The Morgan fingerprint density at radius 2 is 1.60 bits per heavy atom. The number of allylic oxidation sites excluding steroid dienone is 1. The highest BCUT2D eigenvalue weighted by atomic mass is 35.5. The van der Waals surface area contributed by atoms with Gasteiger partial charge in [-0.1, -0.05) is 78.3 Å².